The molecule has 10 nitrogen and oxygen atoms in total. The van der Waals surface area contributed by atoms with Gasteiger partial charge in [-0.05, 0) is 0 Å². The molecule has 10 atom stereocenters. The van der Waals surface area contributed by atoms with Crippen LogP contribution in [0.25, 0.3) is 0 Å². The quantitative estimate of drug-likeness (QED) is 0.299. The highest BCUT2D eigenvalue weighted by Crippen LogP contribution is 2.32. The molecular weight excluding hydrogens is 304 g/mol. The van der Waals surface area contributed by atoms with Gasteiger partial charge in [0.15, 0.2) is 12.6 Å². The molecule has 0 radical (unpaired) electrons. The Morgan fingerprint density at radius 1 is 0.909 bits per heavy atom. The summed E-state index contributed by atoms with van der Waals surface area (Å²) in [6.07, 6.45) is -12.3. The number of aliphatic hydroxyl groups is 6. The Labute approximate surface area is 125 Å². The van der Waals surface area contributed by atoms with Gasteiger partial charge in [-0.2, -0.15) is 0 Å². The summed E-state index contributed by atoms with van der Waals surface area (Å²) >= 11 is 0. The maximum Gasteiger partial charge on any atom is 0.187 e. The molecule has 0 saturated carbocycles. The summed E-state index contributed by atoms with van der Waals surface area (Å²) in [6.45, 7) is -0.489. The summed E-state index contributed by atoms with van der Waals surface area (Å²) in [4.78, 5) is 0. The minimum Gasteiger partial charge on any atom is -0.394 e. The lowest BCUT2D eigenvalue weighted by atomic mass is 9.98. The summed E-state index contributed by atoms with van der Waals surface area (Å²) in [5, 5.41) is 58.2. The van der Waals surface area contributed by atoms with Gasteiger partial charge in [-0.1, -0.05) is 0 Å². The van der Waals surface area contributed by atoms with Crippen molar-refractivity contribution in [3.05, 3.63) is 0 Å². The third-order valence-electron chi connectivity index (χ3n) is 4.23. The molecule has 0 aliphatic carbocycles. The molecule has 6 N–H and O–H groups in total. The van der Waals surface area contributed by atoms with Gasteiger partial charge in [0.05, 0.1) is 13.2 Å². The van der Waals surface area contributed by atoms with Gasteiger partial charge in [-0.15, -0.1) is 0 Å². The first kappa shape index (κ1) is 16.5. The third kappa shape index (κ3) is 2.65. The minimum absolute atomic E-state index is 0.0945. The van der Waals surface area contributed by atoms with Crippen LogP contribution in [0, 0.1) is 0 Å². The molecule has 0 spiro atoms. The van der Waals surface area contributed by atoms with E-state index in [1.165, 1.54) is 0 Å². The Morgan fingerprint density at radius 2 is 1.64 bits per heavy atom. The van der Waals surface area contributed by atoms with E-state index < -0.39 is 68.0 Å². The molecule has 10 heteroatoms. The predicted molar refractivity (Wildman–Crippen MR) is 65.3 cm³/mol. The molecule has 3 heterocycles. The van der Waals surface area contributed by atoms with Crippen molar-refractivity contribution < 1.29 is 49.6 Å². The van der Waals surface area contributed by atoms with Crippen LogP contribution < -0.4 is 0 Å². The van der Waals surface area contributed by atoms with Gasteiger partial charge in [0.25, 0.3) is 0 Å². The second-order valence-electron chi connectivity index (χ2n) is 5.65. The van der Waals surface area contributed by atoms with Crippen LogP contribution in [-0.4, -0.2) is 105 Å². The van der Waals surface area contributed by atoms with Gasteiger partial charge in [0.1, 0.15) is 48.8 Å². The van der Waals surface area contributed by atoms with Crippen LogP contribution in [-0.2, 0) is 18.9 Å². The van der Waals surface area contributed by atoms with Gasteiger partial charge in [-0.3, -0.25) is 0 Å². The van der Waals surface area contributed by atoms with Gasteiger partial charge in [-0.25, -0.2) is 0 Å². The van der Waals surface area contributed by atoms with Gasteiger partial charge < -0.3 is 49.6 Å². The molecule has 3 rings (SSSR count). The van der Waals surface area contributed by atoms with Crippen LogP contribution in [0.3, 0.4) is 0 Å². The van der Waals surface area contributed by atoms with Crippen molar-refractivity contribution in [3.8, 4) is 0 Å². The predicted octanol–water partition coefficient (Wildman–Crippen LogP) is -4.35. The molecule has 2 bridgehead atoms. The normalized spacial score (nSPS) is 55.4. The highest BCUT2D eigenvalue weighted by Gasteiger charge is 2.53. The monoisotopic (exact) mass is 324 g/mol. The highest BCUT2D eigenvalue weighted by molar-refractivity contribution is 4.97. The zero-order chi connectivity index (χ0) is 16.0. The van der Waals surface area contributed by atoms with Crippen LogP contribution in [0.2, 0.25) is 0 Å². The molecule has 0 unspecified atom stereocenters. The molecule has 22 heavy (non-hydrogen) atoms. The molecular formula is C12H20O10. The molecule has 0 aromatic rings. The van der Waals surface area contributed by atoms with E-state index in [0.29, 0.717) is 0 Å². The number of hydrogen-bond acceptors (Lipinski definition) is 10. The highest BCUT2D eigenvalue weighted by atomic mass is 16.7. The number of aliphatic hydroxyl groups excluding tert-OH is 6. The van der Waals surface area contributed by atoms with Gasteiger partial charge in [0.2, 0.25) is 0 Å². The first-order chi connectivity index (χ1) is 10.4. The molecule has 3 aliphatic heterocycles. The fraction of sp³-hybridized carbons (Fsp3) is 1.00. The van der Waals surface area contributed by atoms with Crippen molar-refractivity contribution in [1.29, 1.82) is 0 Å². The van der Waals surface area contributed by atoms with Gasteiger partial charge >= 0.3 is 0 Å². The van der Waals surface area contributed by atoms with E-state index >= 15 is 0 Å². The van der Waals surface area contributed by atoms with E-state index in [-0.39, 0.29) is 6.61 Å². The van der Waals surface area contributed by atoms with Crippen molar-refractivity contribution in [1.82, 2.24) is 0 Å². The van der Waals surface area contributed by atoms with Crippen LogP contribution in [0.4, 0.5) is 0 Å². The molecule has 3 fully saturated rings. The maximum absolute atomic E-state index is 10.1. The number of fused-ring (bicyclic) bond motifs is 2. The fourth-order valence-electron chi connectivity index (χ4n) is 2.95. The van der Waals surface area contributed by atoms with E-state index in [4.69, 9.17) is 18.9 Å². The Kier molecular flexibility index (Phi) is 4.67. The first-order valence-electron chi connectivity index (χ1n) is 7.03. The summed E-state index contributed by atoms with van der Waals surface area (Å²) < 4.78 is 21.0. The van der Waals surface area contributed by atoms with Crippen molar-refractivity contribution >= 4 is 0 Å². The second kappa shape index (κ2) is 6.24. The topological polar surface area (TPSA) is 158 Å². The van der Waals surface area contributed by atoms with Gasteiger partial charge in [0, 0.05) is 0 Å². The van der Waals surface area contributed by atoms with Crippen molar-refractivity contribution in [2.75, 3.05) is 13.2 Å². The van der Waals surface area contributed by atoms with Crippen molar-refractivity contribution in [2.45, 2.75) is 61.4 Å². The van der Waals surface area contributed by atoms with E-state index in [9.17, 15) is 30.6 Å². The summed E-state index contributed by atoms with van der Waals surface area (Å²) in [5.74, 6) is 0. The summed E-state index contributed by atoms with van der Waals surface area (Å²) in [6, 6.07) is 0. The lowest BCUT2D eigenvalue weighted by Crippen LogP contribution is -2.62. The van der Waals surface area contributed by atoms with Crippen LogP contribution in [0.1, 0.15) is 0 Å². The SMILES string of the molecule is OC[C@H]1O[C@@H](O)[C@H](O)[C@@H](O)[C@@H]1O[C@H]1O[C@@H]2CO[C@H]([C@H]1O)[C@@H]2O. The standard InChI is InChI=1S/C12H20O10/c13-1-3-9(6(15)7(16)11(18)20-3)22-12-8(17)10-5(14)4(21-12)2-19-10/h3-18H,1-2H2/t3-,4-,5-,6-,7-,8-,9-,10+,11-,12-/m1/s1. The van der Waals surface area contributed by atoms with E-state index in [2.05, 4.69) is 0 Å². The number of ether oxygens (including phenoxy) is 4. The molecule has 0 aromatic heterocycles. The van der Waals surface area contributed by atoms with Crippen LogP contribution in [0.15, 0.2) is 0 Å². The van der Waals surface area contributed by atoms with Crippen LogP contribution >= 0.6 is 0 Å². The average Bonchev–Trinajstić information content (AvgIpc) is 2.77. The fourth-order valence-corrected chi connectivity index (χ4v) is 2.95. The molecule has 3 aliphatic rings. The zero-order valence-electron chi connectivity index (χ0n) is 11.5. The van der Waals surface area contributed by atoms with E-state index in [1.54, 1.807) is 0 Å². The third-order valence-corrected chi connectivity index (χ3v) is 4.23. The summed E-state index contributed by atoms with van der Waals surface area (Å²) in [5.41, 5.74) is 0. The first-order valence-corrected chi connectivity index (χ1v) is 7.03. The zero-order valence-corrected chi connectivity index (χ0v) is 11.5. The average molecular weight is 324 g/mol. The molecule has 128 valence electrons. The lowest BCUT2D eigenvalue weighted by Gasteiger charge is -2.43. The maximum atomic E-state index is 10.1. The second-order valence-corrected chi connectivity index (χ2v) is 5.65. The molecule has 0 aromatic carbocycles. The Bertz CT molecular complexity index is 392. The number of rotatable bonds is 3. The molecule has 3 saturated heterocycles. The van der Waals surface area contributed by atoms with E-state index in [1.807, 2.05) is 0 Å². The largest absolute Gasteiger partial charge is 0.394 e. The van der Waals surface area contributed by atoms with E-state index in [0.717, 1.165) is 0 Å². The smallest absolute Gasteiger partial charge is 0.187 e. The Hall–Kier alpha value is -0.400. The minimum atomic E-state index is -1.66. The van der Waals surface area contributed by atoms with Crippen molar-refractivity contribution in [3.63, 3.8) is 0 Å². The number of hydrogen-bond donors (Lipinski definition) is 6. The van der Waals surface area contributed by atoms with Crippen LogP contribution in [0.5, 0.6) is 0 Å². The lowest BCUT2D eigenvalue weighted by molar-refractivity contribution is -0.341. The Morgan fingerprint density at radius 3 is 2.32 bits per heavy atom. The van der Waals surface area contributed by atoms with Crippen molar-refractivity contribution in [2.24, 2.45) is 0 Å². The summed E-state index contributed by atoms with van der Waals surface area (Å²) in [7, 11) is 0. The molecule has 0 amide bonds. The Balaban J connectivity index is 1.71.